The molecule has 0 bridgehead atoms. The molecule has 2 rings (SSSR count). The normalized spacial score (nSPS) is 10.7. The van der Waals surface area contributed by atoms with Crippen LogP contribution in [0, 0.1) is 18.3 Å². The maximum Gasteiger partial charge on any atom is 0.172 e. The summed E-state index contributed by atoms with van der Waals surface area (Å²) < 4.78 is 10.7. The van der Waals surface area contributed by atoms with Crippen molar-refractivity contribution < 1.29 is 14.6 Å². The molecule has 0 unspecified atom stereocenters. The van der Waals surface area contributed by atoms with Crippen LogP contribution in [-0.4, -0.2) is 30.5 Å². The third-order valence-corrected chi connectivity index (χ3v) is 3.90. The number of phenolic OH excluding ortho intramolecular Hbond substituents is 1. The molecule has 8 heteroatoms. The third-order valence-electron chi connectivity index (χ3n) is 3.30. The number of benzene rings is 1. The van der Waals surface area contributed by atoms with E-state index < -0.39 is 0 Å². The molecule has 0 aliphatic heterocycles. The van der Waals surface area contributed by atoms with Crippen LogP contribution in [0.4, 0.5) is 5.82 Å². The van der Waals surface area contributed by atoms with Gasteiger partial charge in [0.05, 0.1) is 24.4 Å². The van der Waals surface area contributed by atoms with Crippen LogP contribution in [0.2, 0.25) is 0 Å². The highest BCUT2D eigenvalue weighted by atomic mass is 79.9. The molecule has 0 spiro atoms. The van der Waals surface area contributed by atoms with Crippen molar-refractivity contribution in [2.24, 2.45) is 5.10 Å². The molecule has 0 radical (unpaired) electrons. The van der Waals surface area contributed by atoms with Gasteiger partial charge in [-0.2, -0.15) is 10.4 Å². The third kappa shape index (κ3) is 4.47. The minimum absolute atomic E-state index is 0.0175. The van der Waals surface area contributed by atoms with Crippen molar-refractivity contribution in [1.82, 2.24) is 4.98 Å². The number of rotatable bonds is 6. The van der Waals surface area contributed by atoms with Gasteiger partial charge < -0.3 is 14.6 Å². The van der Waals surface area contributed by atoms with Crippen LogP contribution in [0.25, 0.3) is 0 Å². The molecule has 0 aliphatic carbocycles. The first kappa shape index (κ1) is 18.7. The van der Waals surface area contributed by atoms with Gasteiger partial charge in [-0.05, 0) is 46.6 Å². The second-order valence-electron chi connectivity index (χ2n) is 5.11. The van der Waals surface area contributed by atoms with E-state index in [0.29, 0.717) is 33.8 Å². The molecular formula is C17H17BrN4O3. The lowest BCUT2D eigenvalue weighted by molar-refractivity contribution is 0.184. The van der Waals surface area contributed by atoms with Gasteiger partial charge in [0.15, 0.2) is 17.3 Å². The Morgan fingerprint density at radius 2 is 2.16 bits per heavy atom. The molecule has 25 heavy (non-hydrogen) atoms. The van der Waals surface area contributed by atoms with Crippen molar-refractivity contribution in [2.75, 3.05) is 19.6 Å². The van der Waals surface area contributed by atoms with Crippen LogP contribution < -0.4 is 10.2 Å². The number of halogens is 1. The zero-order valence-corrected chi connectivity index (χ0v) is 15.6. The number of aryl methyl sites for hydroxylation is 1. The fourth-order valence-electron chi connectivity index (χ4n) is 2.21. The first-order valence-corrected chi connectivity index (χ1v) is 8.04. The van der Waals surface area contributed by atoms with Gasteiger partial charge in [0, 0.05) is 18.4 Å². The second-order valence-corrected chi connectivity index (χ2v) is 5.97. The Morgan fingerprint density at radius 3 is 2.80 bits per heavy atom. The van der Waals surface area contributed by atoms with Gasteiger partial charge in [0.2, 0.25) is 0 Å². The summed E-state index contributed by atoms with van der Waals surface area (Å²) in [5, 5.41) is 23.3. The van der Waals surface area contributed by atoms with Gasteiger partial charge in [-0.1, -0.05) is 0 Å². The number of hydrogen-bond acceptors (Lipinski definition) is 7. The molecule has 1 aromatic carbocycles. The number of nitrogens with zero attached hydrogens (tertiary/aromatic N) is 3. The summed E-state index contributed by atoms with van der Waals surface area (Å²) in [5.41, 5.74) is 5.35. The molecule has 2 aromatic rings. The molecular weight excluding hydrogens is 388 g/mol. The highest BCUT2D eigenvalue weighted by molar-refractivity contribution is 9.10. The highest BCUT2D eigenvalue weighted by Crippen LogP contribution is 2.34. The summed E-state index contributed by atoms with van der Waals surface area (Å²) in [7, 11) is 3.03. The maximum atomic E-state index is 9.82. The van der Waals surface area contributed by atoms with Gasteiger partial charge in [-0.15, -0.1) is 0 Å². The van der Waals surface area contributed by atoms with Gasteiger partial charge in [-0.3, -0.25) is 5.43 Å². The molecule has 1 heterocycles. The summed E-state index contributed by atoms with van der Waals surface area (Å²) in [6.45, 7) is 2.14. The lowest BCUT2D eigenvalue weighted by atomic mass is 10.1. The van der Waals surface area contributed by atoms with Crippen LogP contribution in [0.5, 0.6) is 11.5 Å². The van der Waals surface area contributed by atoms with Crippen LogP contribution in [-0.2, 0) is 11.3 Å². The standard InChI is InChI=1S/C17H17BrN4O3/c1-10-4-12(9-24-2)13(7-19)17(21-10)22-20-8-11-5-14(18)16(23)15(6-11)25-3/h4-6,8,23H,9H2,1-3H3,(H,21,22)/b20-8+. The van der Waals surface area contributed by atoms with E-state index in [1.807, 2.05) is 6.92 Å². The fraction of sp³-hybridized carbons (Fsp3) is 0.235. The molecule has 0 amide bonds. The van der Waals surface area contributed by atoms with Crippen molar-refractivity contribution >= 4 is 28.0 Å². The summed E-state index contributed by atoms with van der Waals surface area (Å²) in [5.74, 6) is 0.698. The Labute approximate surface area is 154 Å². The molecule has 130 valence electrons. The van der Waals surface area contributed by atoms with E-state index in [1.165, 1.54) is 13.3 Å². The first-order chi connectivity index (χ1) is 12.0. The van der Waals surface area contributed by atoms with Crippen LogP contribution in [0.15, 0.2) is 27.8 Å². The number of hydrazone groups is 1. The number of phenols is 1. The molecule has 0 saturated heterocycles. The number of methoxy groups -OCH3 is 2. The number of nitriles is 1. The van der Waals surface area contributed by atoms with Crippen molar-refractivity contribution in [2.45, 2.75) is 13.5 Å². The lowest BCUT2D eigenvalue weighted by Crippen LogP contribution is -2.03. The summed E-state index contributed by atoms with van der Waals surface area (Å²) >= 11 is 3.25. The topological polar surface area (TPSA) is 99.8 Å². The molecule has 0 aliphatic rings. The maximum absolute atomic E-state index is 9.82. The van der Waals surface area contributed by atoms with E-state index in [9.17, 15) is 10.4 Å². The Hall–Kier alpha value is -2.63. The molecule has 1 aromatic heterocycles. The number of pyridine rings is 1. The average molecular weight is 405 g/mol. The van der Waals surface area contributed by atoms with E-state index in [1.54, 1.807) is 25.3 Å². The predicted molar refractivity (Wildman–Crippen MR) is 98.0 cm³/mol. The Morgan fingerprint density at radius 1 is 1.40 bits per heavy atom. The monoisotopic (exact) mass is 404 g/mol. The Balaban J connectivity index is 2.28. The van der Waals surface area contributed by atoms with Gasteiger partial charge in [0.1, 0.15) is 11.6 Å². The molecule has 0 saturated carbocycles. The smallest absolute Gasteiger partial charge is 0.172 e. The number of ether oxygens (including phenoxy) is 2. The number of anilines is 1. The van der Waals surface area contributed by atoms with Gasteiger partial charge in [0.25, 0.3) is 0 Å². The van der Waals surface area contributed by atoms with Crippen molar-refractivity contribution in [3.05, 3.63) is 45.1 Å². The number of aromatic hydroxyl groups is 1. The minimum Gasteiger partial charge on any atom is -0.503 e. The van der Waals surface area contributed by atoms with Gasteiger partial charge in [-0.25, -0.2) is 4.98 Å². The molecule has 0 fully saturated rings. The Kier molecular flexibility index (Phi) is 6.33. The van der Waals surface area contributed by atoms with E-state index >= 15 is 0 Å². The van der Waals surface area contributed by atoms with E-state index in [4.69, 9.17) is 9.47 Å². The molecule has 7 nitrogen and oxygen atoms in total. The van der Waals surface area contributed by atoms with Gasteiger partial charge >= 0.3 is 0 Å². The second kappa shape index (κ2) is 8.46. The zero-order valence-electron chi connectivity index (χ0n) is 14.0. The summed E-state index contributed by atoms with van der Waals surface area (Å²) in [6.07, 6.45) is 1.54. The van der Waals surface area contributed by atoms with Crippen LogP contribution in [0.3, 0.4) is 0 Å². The van der Waals surface area contributed by atoms with E-state index in [0.717, 1.165) is 11.3 Å². The number of aromatic nitrogens is 1. The van der Waals surface area contributed by atoms with Crippen molar-refractivity contribution in [3.8, 4) is 17.6 Å². The van der Waals surface area contributed by atoms with Crippen LogP contribution in [0.1, 0.15) is 22.4 Å². The molecule has 2 N–H and O–H groups in total. The fourth-order valence-corrected chi connectivity index (χ4v) is 2.67. The first-order valence-electron chi connectivity index (χ1n) is 7.25. The van der Waals surface area contributed by atoms with Crippen molar-refractivity contribution in [1.29, 1.82) is 5.26 Å². The van der Waals surface area contributed by atoms with Crippen molar-refractivity contribution in [3.63, 3.8) is 0 Å². The SMILES string of the molecule is COCc1cc(C)nc(N/N=C/c2cc(Br)c(O)c(OC)c2)c1C#N. The summed E-state index contributed by atoms with van der Waals surface area (Å²) in [4.78, 5) is 4.31. The predicted octanol–water partition coefficient (Wildman–Crippen LogP) is 3.33. The quantitative estimate of drug-likeness (QED) is 0.565. The largest absolute Gasteiger partial charge is 0.503 e. The van der Waals surface area contributed by atoms with E-state index in [-0.39, 0.29) is 5.75 Å². The zero-order chi connectivity index (χ0) is 18.4. The number of hydrogen-bond donors (Lipinski definition) is 2. The average Bonchev–Trinajstić information content (AvgIpc) is 2.58. The Bertz CT molecular complexity index is 847. The van der Waals surface area contributed by atoms with Crippen LogP contribution >= 0.6 is 15.9 Å². The summed E-state index contributed by atoms with van der Waals surface area (Å²) in [6, 6.07) is 7.25. The number of nitrogens with one attached hydrogen (secondary N) is 1. The minimum atomic E-state index is 0.0175. The van der Waals surface area contributed by atoms with E-state index in [2.05, 4.69) is 37.5 Å². The lowest BCUT2D eigenvalue weighted by Gasteiger charge is -2.09. The highest BCUT2D eigenvalue weighted by Gasteiger charge is 2.11. The molecule has 0 atom stereocenters.